The molecule has 3 heterocycles. The third kappa shape index (κ3) is 4.58. The van der Waals surface area contributed by atoms with Crippen LogP contribution in [0.25, 0.3) is 11.4 Å². The molecule has 0 aliphatic heterocycles. The van der Waals surface area contributed by atoms with Crippen LogP contribution in [-0.4, -0.2) is 31.4 Å². The molecule has 4 rings (SSSR count). The number of pyridine rings is 1. The summed E-state index contributed by atoms with van der Waals surface area (Å²) in [6.07, 6.45) is 3.42. The summed E-state index contributed by atoms with van der Waals surface area (Å²) in [7, 11) is 1.86. The van der Waals surface area contributed by atoms with Gasteiger partial charge in [0.25, 0.3) is 0 Å². The van der Waals surface area contributed by atoms with Crippen LogP contribution in [0.3, 0.4) is 0 Å². The van der Waals surface area contributed by atoms with E-state index in [1.54, 1.807) is 35.9 Å². The number of hydrogen-bond donors (Lipinski definition) is 1. The summed E-state index contributed by atoms with van der Waals surface area (Å²) in [6, 6.07) is 13.5. The molecule has 6 nitrogen and oxygen atoms in total. The van der Waals surface area contributed by atoms with Gasteiger partial charge in [-0.15, -0.1) is 21.5 Å². The Morgan fingerprint density at radius 3 is 2.73 bits per heavy atom. The van der Waals surface area contributed by atoms with Gasteiger partial charge in [-0.25, -0.2) is 4.39 Å². The first-order valence-electron chi connectivity index (χ1n) is 9.12. The first-order valence-corrected chi connectivity index (χ1v) is 11.0. The highest BCUT2D eigenvalue weighted by Gasteiger charge is 2.19. The first-order chi connectivity index (χ1) is 14.6. The third-order valence-electron chi connectivity index (χ3n) is 4.42. The van der Waals surface area contributed by atoms with Gasteiger partial charge in [0, 0.05) is 29.9 Å². The van der Waals surface area contributed by atoms with Gasteiger partial charge in [0.05, 0.1) is 11.8 Å². The average molecular weight is 440 g/mol. The van der Waals surface area contributed by atoms with Gasteiger partial charge in [0.15, 0.2) is 11.0 Å². The minimum Gasteiger partial charge on any atom is -0.344 e. The fourth-order valence-corrected chi connectivity index (χ4v) is 4.47. The maximum atomic E-state index is 13.3. The summed E-state index contributed by atoms with van der Waals surface area (Å²) in [5, 5.41) is 14.0. The Morgan fingerprint density at radius 1 is 1.20 bits per heavy atom. The van der Waals surface area contributed by atoms with E-state index < -0.39 is 0 Å². The van der Waals surface area contributed by atoms with Crippen molar-refractivity contribution in [2.75, 3.05) is 5.75 Å². The molecular weight excluding hydrogens is 421 g/mol. The lowest BCUT2D eigenvalue weighted by atomic mass is 10.1. The predicted molar refractivity (Wildman–Crippen MR) is 116 cm³/mol. The van der Waals surface area contributed by atoms with Crippen LogP contribution in [-0.2, 0) is 11.8 Å². The monoisotopic (exact) mass is 439 g/mol. The molecule has 1 unspecified atom stereocenters. The zero-order valence-electron chi connectivity index (χ0n) is 16.0. The van der Waals surface area contributed by atoms with Crippen LogP contribution >= 0.6 is 23.1 Å². The molecule has 3 aromatic heterocycles. The van der Waals surface area contributed by atoms with E-state index >= 15 is 0 Å². The highest BCUT2D eigenvalue weighted by molar-refractivity contribution is 7.99. The molecule has 0 bridgehead atoms. The summed E-state index contributed by atoms with van der Waals surface area (Å²) in [4.78, 5) is 17.8. The second-order valence-electron chi connectivity index (χ2n) is 6.46. The van der Waals surface area contributed by atoms with Crippen molar-refractivity contribution in [1.29, 1.82) is 0 Å². The fraction of sp³-hybridized carbons (Fsp3) is 0.143. The number of carbonyl (C=O) groups is 1. The van der Waals surface area contributed by atoms with Crippen molar-refractivity contribution in [3.05, 3.63) is 82.6 Å². The van der Waals surface area contributed by atoms with Crippen molar-refractivity contribution in [1.82, 2.24) is 25.1 Å². The number of benzene rings is 1. The lowest BCUT2D eigenvalue weighted by molar-refractivity contribution is -0.119. The molecule has 4 aromatic rings. The molecule has 0 saturated heterocycles. The molecule has 1 atom stereocenters. The van der Waals surface area contributed by atoms with E-state index in [0.29, 0.717) is 11.0 Å². The zero-order chi connectivity index (χ0) is 20.9. The average Bonchev–Trinajstić information content (AvgIpc) is 3.42. The standard InChI is InChI=1S/C21H18FN5OS2/c1-27-20(15-4-2-10-23-12-15)25-26-21(27)30-13-18(28)24-19(17-5-3-11-29-17)14-6-8-16(22)9-7-14/h2-12,19H,13H2,1H3,(H,24,28). The minimum atomic E-state index is -0.329. The number of halogens is 1. The van der Waals surface area contributed by atoms with Crippen LogP contribution in [0.4, 0.5) is 4.39 Å². The smallest absolute Gasteiger partial charge is 0.231 e. The van der Waals surface area contributed by atoms with E-state index in [4.69, 9.17) is 0 Å². The number of carbonyl (C=O) groups excluding carboxylic acids is 1. The molecule has 0 spiro atoms. The Labute approximate surface area is 181 Å². The number of nitrogens with zero attached hydrogens (tertiary/aromatic N) is 4. The van der Waals surface area contributed by atoms with E-state index in [1.165, 1.54) is 23.9 Å². The van der Waals surface area contributed by atoms with E-state index in [1.807, 2.05) is 41.3 Å². The Bertz CT molecular complexity index is 1110. The van der Waals surface area contributed by atoms with Gasteiger partial charge in [0.1, 0.15) is 5.82 Å². The second-order valence-corrected chi connectivity index (χ2v) is 8.38. The summed E-state index contributed by atoms with van der Waals surface area (Å²) < 4.78 is 15.2. The number of hydrogen-bond acceptors (Lipinski definition) is 6. The van der Waals surface area contributed by atoms with E-state index in [0.717, 1.165) is 16.0 Å². The zero-order valence-corrected chi connectivity index (χ0v) is 17.7. The number of thioether (sulfide) groups is 1. The van der Waals surface area contributed by atoms with Gasteiger partial charge in [-0.1, -0.05) is 30.0 Å². The highest BCUT2D eigenvalue weighted by Crippen LogP contribution is 2.27. The number of aromatic nitrogens is 4. The lowest BCUT2D eigenvalue weighted by Gasteiger charge is -2.18. The maximum Gasteiger partial charge on any atom is 0.231 e. The van der Waals surface area contributed by atoms with E-state index in [2.05, 4.69) is 20.5 Å². The Kier molecular flexibility index (Phi) is 6.20. The molecule has 0 fully saturated rings. The molecule has 1 amide bonds. The number of rotatable bonds is 7. The van der Waals surface area contributed by atoms with Crippen LogP contribution in [0.15, 0.2) is 71.5 Å². The van der Waals surface area contributed by atoms with Crippen molar-refractivity contribution < 1.29 is 9.18 Å². The number of thiophene rings is 1. The van der Waals surface area contributed by atoms with Crippen LogP contribution < -0.4 is 5.32 Å². The Balaban J connectivity index is 1.45. The first kappa shape index (κ1) is 20.2. The van der Waals surface area contributed by atoms with Gasteiger partial charge < -0.3 is 9.88 Å². The molecule has 1 aromatic carbocycles. The normalized spacial score (nSPS) is 11.9. The van der Waals surface area contributed by atoms with Crippen molar-refractivity contribution in [3.8, 4) is 11.4 Å². The quantitative estimate of drug-likeness (QED) is 0.440. The third-order valence-corrected chi connectivity index (χ3v) is 6.38. The molecule has 30 heavy (non-hydrogen) atoms. The second kappa shape index (κ2) is 9.19. The van der Waals surface area contributed by atoms with Gasteiger partial charge >= 0.3 is 0 Å². The van der Waals surface area contributed by atoms with Gasteiger partial charge in [-0.05, 0) is 41.3 Å². The molecule has 0 radical (unpaired) electrons. The van der Waals surface area contributed by atoms with Crippen molar-refractivity contribution in [2.45, 2.75) is 11.2 Å². The van der Waals surface area contributed by atoms with E-state index in [-0.39, 0.29) is 23.5 Å². The van der Waals surface area contributed by atoms with Crippen molar-refractivity contribution in [2.24, 2.45) is 7.05 Å². The summed E-state index contributed by atoms with van der Waals surface area (Å²) in [6.45, 7) is 0. The summed E-state index contributed by atoms with van der Waals surface area (Å²) in [5.74, 6) is 0.418. The lowest BCUT2D eigenvalue weighted by Crippen LogP contribution is -2.30. The van der Waals surface area contributed by atoms with Crippen LogP contribution in [0.5, 0.6) is 0 Å². The molecule has 0 aliphatic rings. The molecular formula is C21H18FN5OS2. The number of nitrogens with one attached hydrogen (secondary N) is 1. The van der Waals surface area contributed by atoms with Crippen LogP contribution in [0.2, 0.25) is 0 Å². The molecule has 0 aliphatic carbocycles. The Hall–Kier alpha value is -3.04. The van der Waals surface area contributed by atoms with Crippen molar-refractivity contribution in [3.63, 3.8) is 0 Å². The molecule has 1 N–H and O–H groups in total. The van der Waals surface area contributed by atoms with Crippen LogP contribution in [0, 0.1) is 5.82 Å². The van der Waals surface area contributed by atoms with E-state index in [9.17, 15) is 9.18 Å². The fourth-order valence-electron chi connectivity index (χ4n) is 2.95. The molecule has 9 heteroatoms. The summed E-state index contributed by atoms with van der Waals surface area (Å²) in [5.41, 5.74) is 1.69. The Morgan fingerprint density at radius 2 is 2.03 bits per heavy atom. The van der Waals surface area contributed by atoms with Gasteiger partial charge in [-0.3, -0.25) is 9.78 Å². The SMILES string of the molecule is Cn1c(SCC(=O)NC(c2ccc(F)cc2)c2cccs2)nnc1-c1cccnc1. The number of amides is 1. The van der Waals surface area contributed by atoms with Crippen LogP contribution in [0.1, 0.15) is 16.5 Å². The topological polar surface area (TPSA) is 72.7 Å². The molecule has 152 valence electrons. The predicted octanol–water partition coefficient (Wildman–Crippen LogP) is 4.08. The molecule has 0 saturated carbocycles. The van der Waals surface area contributed by atoms with Gasteiger partial charge in [-0.2, -0.15) is 0 Å². The largest absolute Gasteiger partial charge is 0.344 e. The summed E-state index contributed by atoms with van der Waals surface area (Å²) >= 11 is 2.85. The van der Waals surface area contributed by atoms with Gasteiger partial charge in [0.2, 0.25) is 5.91 Å². The van der Waals surface area contributed by atoms with Crippen molar-refractivity contribution >= 4 is 29.0 Å². The highest BCUT2D eigenvalue weighted by atomic mass is 32.2. The minimum absolute atomic E-state index is 0.145. The maximum absolute atomic E-state index is 13.3.